The first-order valence-corrected chi connectivity index (χ1v) is 36.4. The minimum absolute atomic E-state index is 0.0252. The minimum Gasteiger partial charge on any atom is -0.756 e. The van der Waals surface area contributed by atoms with Gasteiger partial charge in [-0.1, -0.05) is 286 Å². The van der Waals surface area contributed by atoms with Crippen LogP contribution in [0.15, 0.2) is 85.1 Å². The zero-order valence-electron chi connectivity index (χ0n) is 55.1. The van der Waals surface area contributed by atoms with E-state index in [2.05, 4.69) is 99.0 Å². The summed E-state index contributed by atoms with van der Waals surface area (Å²) in [5.41, 5.74) is 0. The van der Waals surface area contributed by atoms with Crippen molar-refractivity contribution in [2.75, 3.05) is 40.9 Å². The van der Waals surface area contributed by atoms with E-state index in [9.17, 15) is 19.0 Å². The second kappa shape index (κ2) is 62.2. The molecule has 0 rings (SSSR count). The van der Waals surface area contributed by atoms with Crippen LogP contribution in [0.2, 0.25) is 0 Å². The monoisotopic (exact) mass is 1180 g/mol. The molecule has 0 heterocycles. The number of phosphoric ester groups is 1. The Morgan fingerprint density at radius 3 is 1.17 bits per heavy atom. The lowest BCUT2D eigenvalue weighted by Gasteiger charge is -2.30. The van der Waals surface area contributed by atoms with Crippen LogP contribution < -0.4 is 10.2 Å². The van der Waals surface area contributed by atoms with Gasteiger partial charge in [-0.2, -0.15) is 0 Å². The smallest absolute Gasteiger partial charge is 0.306 e. The lowest BCUT2D eigenvalue weighted by Crippen LogP contribution is -2.47. The zero-order chi connectivity index (χ0) is 60.7. The van der Waals surface area contributed by atoms with E-state index >= 15 is 0 Å². The van der Waals surface area contributed by atoms with E-state index in [0.29, 0.717) is 17.4 Å². The Morgan fingerprint density at radius 1 is 0.434 bits per heavy atom. The first-order chi connectivity index (χ1) is 40.4. The first kappa shape index (κ1) is 80.2. The summed E-state index contributed by atoms with van der Waals surface area (Å²) in [6.45, 7) is 6.74. The van der Waals surface area contributed by atoms with Gasteiger partial charge in [0.2, 0.25) is 5.91 Å². The van der Waals surface area contributed by atoms with E-state index in [0.717, 1.165) is 103 Å². The Bertz CT molecular complexity index is 1700. The van der Waals surface area contributed by atoms with Crippen LogP contribution in [-0.4, -0.2) is 69.4 Å². The van der Waals surface area contributed by atoms with E-state index in [1.165, 1.54) is 180 Å². The van der Waals surface area contributed by atoms with Crippen LogP contribution in [0.1, 0.15) is 316 Å². The maximum Gasteiger partial charge on any atom is 0.306 e. The van der Waals surface area contributed by atoms with Gasteiger partial charge < -0.3 is 28.5 Å². The van der Waals surface area contributed by atoms with Gasteiger partial charge >= 0.3 is 5.97 Å². The standard InChI is InChI=1S/C73H133N2O7P/c1-7-10-13-16-19-22-25-27-29-31-33-34-35-36-37-38-39-40-42-43-45-47-50-53-56-59-62-65-72(76)74-70(69-81-83(78,79)80-68-67-75(4,5)6)71(64-61-58-55-52-49-24-21-18-15-12-9-3)82-73(77)66-63-60-57-54-51-48-46-44-41-32-30-28-26-23-20-17-14-11-8-2/h10,13,19,22,27-30,33-34,36-37,61,64,70-71H,7-9,11-12,14-18,20-21,23-26,31-32,35,38-60,62-63,65-69H2,1-6H3,(H-,74,76,78,79)/b13-10-,22-19-,29-27-,30-28+,34-33-,37-36-,64-61-. The molecule has 482 valence electrons. The summed E-state index contributed by atoms with van der Waals surface area (Å²) in [5.74, 6) is -0.541. The normalized spacial score (nSPS) is 14.1. The third-order valence-electron chi connectivity index (χ3n) is 15.3. The zero-order valence-corrected chi connectivity index (χ0v) is 56.0. The Hall–Kier alpha value is -2.81. The molecule has 0 saturated heterocycles. The van der Waals surface area contributed by atoms with E-state index in [1.807, 2.05) is 33.3 Å². The lowest BCUT2D eigenvalue weighted by atomic mass is 10.0. The second-order valence-corrected chi connectivity index (χ2v) is 26.1. The number of allylic oxidation sites excluding steroid dienone is 13. The molecule has 1 N–H and O–H groups in total. The number of unbranched alkanes of at least 4 members (excludes halogenated alkanes) is 35. The van der Waals surface area contributed by atoms with Gasteiger partial charge in [-0.05, 0) is 102 Å². The molecule has 0 fully saturated rings. The van der Waals surface area contributed by atoms with Crippen molar-refractivity contribution in [3.05, 3.63) is 85.1 Å². The summed E-state index contributed by atoms with van der Waals surface area (Å²) in [6, 6.07) is -0.894. The molecule has 9 nitrogen and oxygen atoms in total. The number of phosphoric acid groups is 1. The van der Waals surface area contributed by atoms with Crippen molar-refractivity contribution in [1.29, 1.82) is 0 Å². The van der Waals surface area contributed by atoms with E-state index in [-0.39, 0.29) is 24.9 Å². The predicted molar refractivity (Wildman–Crippen MR) is 358 cm³/mol. The Labute approximate surface area is 514 Å². The van der Waals surface area contributed by atoms with Crippen LogP contribution in [0, 0.1) is 0 Å². The van der Waals surface area contributed by atoms with Gasteiger partial charge in [0.25, 0.3) is 7.82 Å². The molecule has 0 aliphatic rings. The summed E-state index contributed by atoms with van der Waals surface area (Å²) in [4.78, 5) is 40.1. The third kappa shape index (κ3) is 63.5. The molecule has 0 radical (unpaired) electrons. The number of esters is 1. The highest BCUT2D eigenvalue weighted by molar-refractivity contribution is 7.45. The lowest BCUT2D eigenvalue weighted by molar-refractivity contribution is -0.870. The quantitative estimate of drug-likeness (QED) is 0.0212. The highest BCUT2D eigenvalue weighted by Gasteiger charge is 2.27. The number of nitrogens with zero attached hydrogens (tertiary/aromatic N) is 1. The maximum atomic E-state index is 13.6. The minimum atomic E-state index is -4.71. The SMILES string of the molecule is CC/C=C\C/C=C\C/C=C\C/C=C\C/C=C\CCCCCCCCCCCCCC(=O)NC(COP(=O)([O-])OCC[N+](C)(C)C)C(/C=C\CCCCCCCCCCC)OC(=O)CCCCCCCCCCC/C=C/CCCCCCCC. The molecule has 0 bridgehead atoms. The van der Waals surface area contributed by atoms with Gasteiger partial charge in [0.1, 0.15) is 19.3 Å². The number of rotatable bonds is 63. The maximum absolute atomic E-state index is 13.6. The molecular weight excluding hydrogens is 1050 g/mol. The highest BCUT2D eigenvalue weighted by Crippen LogP contribution is 2.38. The fourth-order valence-corrected chi connectivity index (χ4v) is 10.7. The van der Waals surface area contributed by atoms with Crippen LogP contribution in [-0.2, 0) is 27.9 Å². The van der Waals surface area contributed by atoms with Crippen LogP contribution in [0.25, 0.3) is 0 Å². The predicted octanol–water partition coefficient (Wildman–Crippen LogP) is 21.5. The number of ether oxygens (including phenoxy) is 1. The molecule has 1 amide bonds. The van der Waals surface area contributed by atoms with Gasteiger partial charge in [-0.3, -0.25) is 14.2 Å². The van der Waals surface area contributed by atoms with Crippen molar-refractivity contribution < 1.29 is 37.3 Å². The molecular formula is C73H133N2O7P. The summed E-state index contributed by atoms with van der Waals surface area (Å²) in [7, 11) is 1.18. The topological polar surface area (TPSA) is 114 Å². The second-order valence-electron chi connectivity index (χ2n) is 24.6. The van der Waals surface area contributed by atoms with Gasteiger partial charge in [-0.15, -0.1) is 0 Å². The first-order valence-electron chi connectivity index (χ1n) is 34.9. The molecule has 0 saturated carbocycles. The molecule has 10 heteroatoms. The van der Waals surface area contributed by atoms with Crippen molar-refractivity contribution >= 4 is 19.7 Å². The number of quaternary nitrogens is 1. The number of hydrogen-bond donors (Lipinski definition) is 1. The van der Waals surface area contributed by atoms with Crippen LogP contribution in [0.3, 0.4) is 0 Å². The molecule has 3 unspecified atom stereocenters. The van der Waals surface area contributed by atoms with Gasteiger partial charge in [-0.25, -0.2) is 0 Å². The fraction of sp³-hybridized carbons (Fsp3) is 0.781. The summed E-state index contributed by atoms with van der Waals surface area (Å²) in [6.07, 6.45) is 82.7. The summed E-state index contributed by atoms with van der Waals surface area (Å²) < 4.78 is 30.4. The average Bonchev–Trinajstić information content (AvgIpc) is 3.51. The molecule has 0 aromatic heterocycles. The van der Waals surface area contributed by atoms with Crippen molar-refractivity contribution in [3.63, 3.8) is 0 Å². The number of likely N-dealkylation sites (N-methyl/N-ethyl adjacent to an activating group) is 1. The number of carbonyl (C=O) groups excluding carboxylic acids is 2. The number of hydrogen-bond acceptors (Lipinski definition) is 7. The number of amides is 1. The molecule has 0 aliphatic heterocycles. The van der Waals surface area contributed by atoms with Crippen molar-refractivity contribution in [2.45, 2.75) is 328 Å². The van der Waals surface area contributed by atoms with Crippen molar-refractivity contribution in [1.82, 2.24) is 5.32 Å². The van der Waals surface area contributed by atoms with E-state index in [1.54, 1.807) is 0 Å². The summed E-state index contributed by atoms with van der Waals surface area (Å²) in [5, 5.41) is 3.04. The molecule has 3 atom stereocenters. The number of carbonyl (C=O) groups is 2. The van der Waals surface area contributed by atoms with Crippen LogP contribution in [0.4, 0.5) is 0 Å². The summed E-state index contributed by atoms with van der Waals surface area (Å²) >= 11 is 0. The van der Waals surface area contributed by atoms with Crippen molar-refractivity contribution in [2.24, 2.45) is 0 Å². The van der Waals surface area contributed by atoms with Gasteiger partial charge in [0, 0.05) is 12.8 Å². The van der Waals surface area contributed by atoms with Crippen LogP contribution >= 0.6 is 7.82 Å². The Kier molecular flexibility index (Phi) is 60.1. The molecule has 0 aromatic carbocycles. The Balaban J connectivity index is 5.03. The van der Waals surface area contributed by atoms with Crippen LogP contribution in [0.5, 0.6) is 0 Å². The van der Waals surface area contributed by atoms with Gasteiger partial charge in [0.15, 0.2) is 0 Å². The third-order valence-corrected chi connectivity index (χ3v) is 16.3. The highest BCUT2D eigenvalue weighted by atomic mass is 31.2. The molecule has 0 aromatic rings. The van der Waals surface area contributed by atoms with Gasteiger partial charge in [0.05, 0.1) is 33.8 Å². The molecule has 83 heavy (non-hydrogen) atoms. The molecule has 0 spiro atoms. The largest absolute Gasteiger partial charge is 0.756 e. The fourth-order valence-electron chi connectivity index (χ4n) is 9.96. The van der Waals surface area contributed by atoms with E-state index < -0.39 is 26.6 Å². The number of nitrogens with one attached hydrogen (secondary N) is 1. The Morgan fingerprint density at radius 2 is 0.771 bits per heavy atom. The van der Waals surface area contributed by atoms with Crippen molar-refractivity contribution in [3.8, 4) is 0 Å². The average molecular weight is 1180 g/mol. The molecule has 0 aliphatic carbocycles. The van der Waals surface area contributed by atoms with E-state index in [4.69, 9.17) is 13.8 Å².